The number of anilines is 1. The third kappa shape index (κ3) is 5.43. The summed E-state index contributed by atoms with van der Waals surface area (Å²) in [5.74, 6) is 0.531. The quantitative estimate of drug-likeness (QED) is 0.564. The highest BCUT2D eigenvalue weighted by atomic mass is 19.3. The molecule has 10 heteroatoms. The lowest BCUT2D eigenvalue weighted by Gasteiger charge is -2.36. The number of morpholine rings is 1. The first kappa shape index (κ1) is 24.6. The number of carbonyl (C=O) groups is 2. The van der Waals surface area contributed by atoms with Gasteiger partial charge in [-0.3, -0.25) is 14.2 Å². The van der Waals surface area contributed by atoms with Crippen LogP contribution in [0.4, 0.5) is 14.5 Å². The van der Waals surface area contributed by atoms with Crippen molar-refractivity contribution in [3.8, 4) is 11.4 Å². The van der Waals surface area contributed by atoms with Crippen LogP contribution >= 0.6 is 0 Å². The van der Waals surface area contributed by atoms with Crippen molar-refractivity contribution in [1.29, 1.82) is 0 Å². The molecule has 0 aliphatic carbocycles. The van der Waals surface area contributed by atoms with Crippen molar-refractivity contribution in [2.24, 2.45) is 5.92 Å². The van der Waals surface area contributed by atoms with E-state index in [1.54, 1.807) is 24.3 Å². The first-order valence-electron chi connectivity index (χ1n) is 11.6. The number of fused-ring (bicyclic) bond motifs is 1. The number of hydrogen-bond donors (Lipinski definition) is 1. The summed E-state index contributed by atoms with van der Waals surface area (Å²) in [4.78, 5) is 29.8. The summed E-state index contributed by atoms with van der Waals surface area (Å²) in [6, 6.07) is 14.6. The molecular weight excluding hydrogens is 458 g/mol. The van der Waals surface area contributed by atoms with E-state index < -0.39 is 6.55 Å². The zero-order chi connectivity index (χ0) is 24.8. The van der Waals surface area contributed by atoms with Crippen LogP contribution in [0.3, 0.4) is 0 Å². The average molecular weight is 487 g/mol. The van der Waals surface area contributed by atoms with Crippen molar-refractivity contribution in [1.82, 2.24) is 14.5 Å². The van der Waals surface area contributed by atoms with Crippen LogP contribution in [0.5, 0.6) is 0 Å². The van der Waals surface area contributed by atoms with Crippen LogP contribution in [0.25, 0.3) is 22.4 Å². The van der Waals surface area contributed by atoms with Crippen LogP contribution in [0.2, 0.25) is 0 Å². The van der Waals surface area contributed by atoms with E-state index in [2.05, 4.69) is 9.88 Å². The van der Waals surface area contributed by atoms with Crippen LogP contribution in [0, 0.1) is 5.92 Å². The Morgan fingerprint density at radius 1 is 1.06 bits per heavy atom. The van der Waals surface area contributed by atoms with Gasteiger partial charge in [-0.25, -0.2) is 4.98 Å². The van der Waals surface area contributed by atoms with Gasteiger partial charge in [0.25, 0.3) is 6.47 Å². The largest absolute Gasteiger partial charge is 0.483 e. The number of carbonyl (C=O) groups excluding carboxylic acids is 1. The maximum Gasteiger partial charge on any atom is 0.320 e. The van der Waals surface area contributed by atoms with Crippen LogP contribution in [0.15, 0.2) is 48.5 Å². The Bertz CT molecular complexity index is 1160. The Morgan fingerprint density at radius 3 is 2.43 bits per heavy atom. The van der Waals surface area contributed by atoms with Gasteiger partial charge in [0.05, 0.1) is 24.2 Å². The highest BCUT2D eigenvalue weighted by Crippen LogP contribution is 2.33. The first-order valence-corrected chi connectivity index (χ1v) is 11.6. The molecule has 2 fully saturated rings. The number of carboxylic acid groups (broad SMARTS) is 1. The predicted molar refractivity (Wildman–Crippen MR) is 127 cm³/mol. The number of aromatic nitrogens is 2. The van der Waals surface area contributed by atoms with Crippen molar-refractivity contribution in [3.63, 3.8) is 0 Å². The zero-order valence-electron chi connectivity index (χ0n) is 19.2. The summed E-state index contributed by atoms with van der Waals surface area (Å²) in [5, 5.41) is 6.89. The molecule has 0 atom stereocenters. The summed E-state index contributed by atoms with van der Waals surface area (Å²) in [6.07, 6.45) is 1.58. The monoisotopic (exact) mass is 486 g/mol. The molecule has 35 heavy (non-hydrogen) atoms. The highest BCUT2D eigenvalue weighted by molar-refractivity contribution is 5.81. The lowest BCUT2D eigenvalue weighted by Crippen LogP contribution is -2.46. The number of hydrogen-bond acceptors (Lipinski definition) is 5. The number of rotatable bonds is 4. The molecule has 186 valence electrons. The smallest absolute Gasteiger partial charge is 0.320 e. The van der Waals surface area contributed by atoms with Gasteiger partial charge in [0.15, 0.2) is 0 Å². The molecule has 2 aliphatic heterocycles. The molecule has 2 aliphatic rings. The third-order valence-electron chi connectivity index (χ3n) is 6.43. The number of imidazole rings is 1. The third-order valence-corrected chi connectivity index (χ3v) is 6.43. The Kier molecular flexibility index (Phi) is 7.91. The molecule has 1 aromatic heterocycles. The topological polar surface area (TPSA) is 87.9 Å². The molecule has 3 heterocycles. The fourth-order valence-electron chi connectivity index (χ4n) is 4.71. The van der Waals surface area contributed by atoms with Gasteiger partial charge >= 0.3 is 6.55 Å². The zero-order valence-corrected chi connectivity index (χ0v) is 19.2. The molecule has 0 bridgehead atoms. The fourth-order valence-corrected chi connectivity index (χ4v) is 4.71. The maximum absolute atomic E-state index is 13.9. The maximum atomic E-state index is 13.9. The second-order valence-electron chi connectivity index (χ2n) is 8.43. The number of amides is 1. The van der Waals surface area contributed by atoms with E-state index in [0.29, 0.717) is 42.9 Å². The SMILES string of the molecule is O=C(C1CCN(c2cccc(-c3nc4ccccc4n3C(F)F)c2)CC1)N1CCOCC1.O=CO. The summed E-state index contributed by atoms with van der Waals surface area (Å²) in [5.41, 5.74) is 2.60. The molecule has 8 nitrogen and oxygen atoms in total. The number of halogens is 2. The summed E-state index contributed by atoms with van der Waals surface area (Å²) >= 11 is 0. The van der Waals surface area contributed by atoms with Crippen LogP contribution in [-0.2, 0) is 14.3 Å². The Labute approximate surface area is 201 Å². The van der Waals surface area contributed by atoms with Crippen molar-refractivity contribution in [2.45, 2.75) is 19.4 Å². The minimum atomic E-state index is -2.68. The average Bonchev–Trinajstić information content (AvgIpc) is 3.30. The second kappa shape index (κ2) is 11.3. The van der Waals surface area contributed by atoms with Gasteiger partial charge in [0.1, 0.15) is 5.82 Å². The lowest BCUT2D eigenvalue weighted by atomic mass is 9.94. The molecule has 5 rings (SSSR count). The van der Waals surface area contributed by atoms with E-state index in [1.807, 2.05) is 29.2 Å². The Balaban J connectivity index is 0.000000917. The molecule has 0 saturated carbocycles. The molecule has 0 radical (unpaired) electrons. The van der Waals surface area contributed by atoms with Gasteiger partial charge < -0.3 is 19.6 Å². The molecular formula is C25H28F2N4O4. The van der Waals surface area contributed by atoms with E-state index in [1.165, 1.54) is 0 Å². The summed E-state index contributed by atoms with van der Waals surface area (Å²) in [7, 11) is 0. The molecule has 0 spiro atoms. The van der Waals surface area contributed by atoms with E-state index in [0.717, 1.165) is 36.2 Å². The molecule has 1 amide bonds. The molecule has 0 unspecified atom stereocenters. The molecule has 1 N–H and O–H groups in total. The summed E-state index contributed by atoms with van der Waals surface area (Å²) < 4.78 is 34.1. The van der Waals surface area contributed by atoms with Gasteiger partial charge in [-0.15, -0.1) is 0 Å². The van der Waals surface area contributed by atoms with Crippen LogP contribution in [0.1, 0.15) is 19.4 Å². The minimum absolute atomic E-state index is 0.0376. The molecule has 2 aromatic carbocycles. The van der Waals surface area contributed by atoms with Crippen molar-refractivity contribution in [3.05, 3.63) is 48.5 Å². The highest BCUT2D eigenvalue weighted by Gasteiger charge is 2.29. The van der Waals surface area contributed by atoms with Crippen molar-refractivity contribution < 1.29 is 28.2 Å². The van der Waals surface area contributed by atoms with Crippen LogP contribution in [-0.4, -0.2) is 71.3 Å². The number of benzene rings is 2. The minimum Gasteiger partial charge on any atom is -0.483 e. The van der Waals surface area contributed by atoms with Crippen LogP contribution < -0.4 is 4.90 Å². The van der Waals surface area contributed by atoms with Gasteiger partial charge in [-0.1, -0.05) is 24.3 Å². The molecule has 3 aromatic rings. The van der Waals surface area contributed by atoms with Crippen molar-refractivity contribution in [2.75, 3.05) is 44.3 Å². The Morgan fingerprint density at radius 2 is 1.74 bits per heavy atom. The lowest BCUT2D eigenvalue weighted by molar-refractivity contribution is -0.140. The number of para-hydroxylation sites is 2. The van der Waals surface area contributed by atoms with Crippen molar-refractivity contribution >= 4 is 29.1 Å². The fraction of sp³-hybridized carbons (Fsp3) is 0.400. The van der Waals surface area contributed by atoms with E-state index in [4.69, 9.17) is 14.6 Å². The van der Waals surface area contributed by atoms with E-state index >= 15 is 0 Å². The normalized spacial score (nSPS) is 16.8. The number of piperidine rings is 1. The first-order chi connectivity index (χ1) is 17.0. The van der Waals surface area contributed by atoms with Gasteiger partial charge in [0, 0.05) is 43.3 Å². The van der Waals surface area contributed by atoms with E-state index in [9.17, 15) is 13.6 Å². The van der Waals surface area contributed by atoms with E-state index in [-0.39, 0.29) is 24.1 Å². The Hall–Kier alpha value is -3.53. The number of alkyl halides is 2. The second-order valence-corrected chi connectivity index (χ2v) is 8.43. The van der Waals surface area contributed by atoms with Gasteiger partial charge in [-0.2, -0.15) is 8.78 Å². The number of ether oxygens (including phenoxy) is 1. The predicted octanol–water partition coefficient (Wildman–Crippen LogP) is 3.87. The number of nitrogens with zero attached hydrogens (tertiary/aromatic N) is 4. The standard InChI is InChI=1S/C24H26F2N4O2.CH2O2/c25-24(26)30-21-7-2-1-6-20(21)27-22(30)18-4-3-5-19(16-18)28-10-8-17(9-11-28)23(31)29-12-14-32-15-13-29;2-1-3/h1-7,16-17,24H,8-15H2;1H,(H,2,3). The van der Waals surface area contributed by atoms with Gasteiger partial charge in [0.2, 0.25) is 5.91 Å². The summed E-state index contributed by atoms with van der Waals surface area (Å²) in [6.45, 7) is 1.16. The molecule has 2 saturated heterocycles. The van der Waals surface area contributed by atoms with Gasteiger partial charge in [-0.05, 0) is 37.1 Å².